The molecule has 0 fully saturated rings. The van der Waals surface area contributed by atoms with Crippen LogP contribution in [0.1, 0.15) is 86.0 Å². The Balaban J connectivity index is 3.57. The van der Waals surface area contributed by atoms with Crippen LogP contribution in [-0.2, 0) is 9.53 Å². The van der Waals surface area contributed by atoms with E-state index in [1.54, 1.807) is 0 Å². The molecule has 3 atom stereocenters. The summed E-state index contributed by atoms with van der Waals surface area (Å²) < 4.78 is 5.22. The van der Waals surface area contributed by atoms with Gasteiger partial charge in [0.05, 0.1) is 0 Å². The molecule has 2 heteroatoms. The minimum Gasteiger partial charge on any atom is -0.463 e. The minimum absolute atomic E-state index is 0.0531. The van der Waals surface area contributed by atoms with E-state index in [9.17, 15) is 4.79 Å². The van der Waals surface area contributed by atoms with Gasteiger partial charge in [-0.3, -0.25) is 4.79 Å². The fourth-order valence-electron chi connectivity index (χ4n) is 2.46. The van der Waals surface area contributed by atoms with Crippen LogP contribution in [0.5, 0.6) is 0 Å². The summed E-state index contributed by atoms with van der Waals surface area (Å²) in [7, 11) is 0. The number of carbonyl (C=O) groups excluding carboxylic acids is 1. The molecule has 0 saturated heterocycles. The zero-order valence-electron chi connectivity index (χ0n) is 13.7. The maximum atomic E-state index is 10.9. The van der Waals surface area contributed by atoms with E-state index in [1.165, 1.54) is 51.9 Å². The topological polar surface area (TPSA) is 26.3 Å². The Hall–Kier alpha value is -0.530. The zero-order valence-corrected chi connectivity index (χ0v) is 13.7. The minimum atomic E-state index is -0.163. The van der Waals surface area contributed by atoms with Crippen LogP contribution in [0.4, 0.5) is 0 Å². The summed E-state index contributed by atoms with van der Waals surface area (Å²) in [6.45, 7) is 10.3. The van der Waals surface area contributed by atoms with Crippen LogP contribution >= 0.6 is 0 Å². The number of hydrogen-bond donors (Lipinski definition) is 0. The molecule has 0 rings (SSSR count). The summed E-state index contributed by atoms with van der Waals surface area (Å²) in [5.74, 6) is 1.15. The molecule has 0 spiro atoms. The van der Waals surface area contributed by atoms with Gasteiger partial charge in [0.1, 0.15) is 6.10 Å². The molecule has 0 aromatic carbocycles. The van der Waals surface area contributed by atoms with Gasteiger partial charge in [0.15, 0.2) is 0 Å². The standard InChI is InChI=1S/C17H34O2/c1-6-7-8-9-11-14(2)12-10-13-15(3)16(4)19-17(5)18/h14-16H,6-13H2,1-5H3/t14-,15-,16-/m1/s1. The van der Waals surface area contributed by atoms with Crippen molar-refractivity contribution in [3.63, 3.8) is 0 Å². The summed E-state index contributed by atoms with van der Waals surface area (Å²) in [6, 6.07) is 0. The van der Waals surface area contributed by atoms with Crippen molar-refractivity contribution in [2.24, 2.45) is 11.8 Å². The van der Waals surface area contributed by atoms with Gasteiger partial charge in [-0.1, -0.05) is 65.7 Å². The van der Waals surface area contributed by atoms with Crippen molar-refractivity contribution < 1.29 is 9.53 Å². The lowest BCUT2D eigenvalue weighted by atomic mass is 9.93. The molecule has 0 radical (unpaired) electrons. The van der Waals surface area contributed by atoms with E-state index in [4.69, 9.17) is 4.74 Å². The third kappa shape index (κ3) is 11.0. The molecule has 2 nitrogen and oxygen atoms in total. The summed E-state index contributed by atoms with van der Waals surface area (Å²) in [5, 5.41) is 0. The van der Waals surface area contributed by atoms with E-state index >= 15 is 0 Å². The third-order valence-corrected chi connectivity index (χ3v) is 4.06. The number of hydrogen-bond acceptors (Lipinski definition) is 2. The maximum absolute atomic E-state index is 10.9. The number of unbranched alkanes of at least 4 members (excludes halogenated alkanes) is 3. The third-order valence-electron chi connectivity index (χ3n) is 4.06. The van der Waals surface area contributed by atoms with Crippen molar-refractivity contribution in [1.82, 2.24) is 0 Å². The Labute approximate surface area is 120 Å². The fraction of sp³-hybridized carbons (Fsp3) is 0.941. The molecule has 0 aromatic heterocycles. The predicted molar refractivity (Wildman–Crippen MR) is 82.2 cm³/mol. The van der Waals surface area contributed by atoms with Crippen molar-refractivity contribution in [2.45, 2.75) is 92.1 Å². The maximum Gasteiger partial charge on any atom is 0.302 e. The lowest BCUT2D eigenvalue weighted by Crippen LogP contribution is -2.20. The molecule has 0 bridgehead atoms. The van der Waals surface area contributed by atoms with Gasteiger partial charge in [-0.2, -0.15) is 0 Å². The largest absolute Gasteiger partial charge is 0.463 e. The Morgan fingerprint density at radius 1 is 0.947 bits per heavy atom. The van der Waals surface area contributed by atoms with Gasteiger partial charge >= 0.3 is 5.97 Å². The van der Waals surface area contributed by atoms with E-state index in [2.05, 4.69) is 20.8 Å². The Bertz CT molecular complexity index is 225. The Morgan fingerprint density at radius 2 is 1.58 bits per heavy atom. The first-order chi connectivity index (χ1) is 8.97. The van der Waals surface area contributed by atoms with Gasteiger partial charge in [-0.05, 0) is 25.2 Å². The predicted octanol–water partition coefficient (Wildman–Crippen LogP) is 5.35. The number of ether oxygens (including phenoxy) is 1. The highest BCUT2D eigenvalue weighted by molar-refractivity contribution is 5.66. The van der Waals surface area contributed by atoms with Gasteiger partial charge in [0.2, 0.25) is 0 Å². The molecule has 0 N–H and O–H groups in total. The van der Waals surface area contributed by atoms with E-state index < -0.39 is 0 Å². The van der Waals surface area contributed by atoms with Crippen LogP contribution in [0.15, 0.2) is 0 Å². The Morgan fingerprint density at radius 3 is 2.16 bits per heavy atom. The van der Waals surface area contributed by atoms with Crippen molar-refractivity contribution in [3.05, 3.63) is 0 Å². The highest BCUT2D eigenvalue weighted by atomic mass is 16.5. The fourth-order valence-corrected chi connectivity index (χ4v) is 2.46. The average molecular weight is 270 g/mol. The molecular formula is C17H34O2. The highest BCUT2D eigenvalue weighted by Gasteiger charge is 2.15. The second kappa shape index (κ2) is 11.3. The lowest BCUT2D eigenvalue weighted by Gasteiger charge is -2.20. The van der Waals surface area contributed by atoms with Crippen molar-refractivity contribution >= 4 is 5.97 Å². The summed E-state index contributed by atoms with van der Waals surface area (Å²) >= 11 is 0. The van der Waals surface area contributed by atoms with E-state index in [1.807, 2.05) is 6.92 Å². The van der Waals surface area contributed by atoms with Crippen LogP contribution in [0.3, 0.4) is 0 Å². The molecule has 0 aliphatic rings. The molecule has 19 heavy (non-hydrogen) atoms. The molecule has 0 heterocycles. The average Bonchev–Trinajstić information content (AvgIpc) is 2.33. The van der Waals surface area contributed by atoms with Gasteiger partial charge in [-0.25, -0.2) is 0 Å². The molecule has 0 amide bonds. The smallest absolute Gasteiger partial charge is 0.302 e. The normalized spacial score (nSPS) is 15.8. The lowest BCUT2D eigenvalue weighted by molar-refractivity contribution is -0.147. The first kappa shape index (κ1) is 18.5. The van der Waals surface area contributed by atoms with E-state index in [0.29, 0.717) is 5.92 Å². The first-order valence-electron chi connectivity index (χ1n) is 8.14. The second-order valence-corrected chi connectivity index (χ2v) is 6.18. The van der Waals surface area contributed by atoms with Crippen molar-refractivity contribution in [2.75, 3.05) is 0 Å². The summed E-state index contributed by atoms with van der Waals surface area (Å²) in [5.41, 5.74) is 0. The van der Waals surface area contributed by atoms with Gasteiger partial charge in [-0.15, -0.1) is 0 Å². The van der Waals surface area contributed by atoms with E-state index in [-0.39, 0.29) is 12.1 Å². The van der Waals surface area contributed by atoms with Crippen molar-refractivity contribution in [1.29, 1.82) is 0 Å². The highest BCUT2D eigenvalue weighted by Crippen LogP contribution is 2.20. The Kier molecular flexibility index (Phi) is 11.0. The number of carbonyl (C=O) groups is 1. The molecule has 0 unspecified atom stereocenters. The molecule has 114 valence electrons. The van der Waals surface area contributed by atoms with Crippen LogP contribution < -0.4 is 0 Å². The summed E-state index contributed by atoms with van der Waals surface area (Å²) in [4.78, 5) is 10.9. The van der Waals surface area contributed by atoms with Crippen LogP contribution in [0.25, 0.3) is 0 Å². The van der Waals surface area contributed by atoms with Gasteiger partial charge in [0, 0.05) is 6.92 Å². The first-order valence-corrected chi connectivity index (χ1v) is 8.14. The quantitative estimate of drug-likeness (QED) is 0.373. The monoisotopic (exact) mass is 270 g/mol. The number of esters is 1. The van der Waals surface area contributed by atoms with Crippen molar-refractivity contribution in [3.8, 4) is 0 Å². The van der Waals surface area contributed by atoms with Crippen LogP contribution in [0, 0.1) is 11.8 Å². The van der Waals surface area contributed by atoms with Gasteiger partial charge in [0.25, 0.3) is 0 Å². The summed E-state index contributed by atoms with van der Waals surface area (Å²) in [6.07, 6.45) is 10.6. The van der Waals surface area contributed by atoms with Gasteiger partial charge < -0.3 is 4.74 Å². The van der Waals surface area contributed by atoms with Crippen LogP contribution in [0.2, 0.25) is 0 Å². The van der Waals surface area contributed by atoms with E-state index in [0.717, 1.165) is 12.3 Å². The molecule has 0 aliphatic carbocycles. The molecule has 0 aliphatic heterocycles. The second-order valence-electron chi connectivity index (χ2n) is 6.18. The zero-order chi connectivity index (χ0) is 14.7. The SMILES string of the molecule is CCCCCC[C@@H](C)CCC[C@@H](C)[C@@H](C)OC(C)=O. The molecule has 0 saturated carbocycles. The number of rotatable bonds is 11. The molecule has 0 aromatic rings. The van der Waals surface area contributed by atoms with Crippen LogP contribution in [-0.4, -0.2) is 12.1 Å². The molecular weight excluding hydrogens is 236 g/mol.